The Morgan fingerprint density at radius 2 is 1.85 bits per heavy atom. The van der Waals surface area contributed by atoms with Crippen LogP contribution in [-0.2, 0) is 4.74 Å². The number of aromatic nitrogens is 4. The highest BCUT2D eigenvalue weighted by Gasteiger charge is 2.26. The fourth-order valence-corrected chi connectivity index (χ4v) is 1.31. The Morgan fingerprint density at radius 1 is 1.25 bits per heavy atom. The molecule has 10 nitrogen and oxygen atoms in total. The van der Waals surface area contributed by atoms with E-state index in [4.69, 9.17) is 15.3 Å². The first-order valence-electron chi connectivity index (χ1n) is 5.64. The van der Waals surface area contributed by atoms with Gasteiger partial charge in [0.25, 0.3) is 5.88 Å². The molecule has 0 unspecified atom stereocenters. The van der Waals surface area contributed by atoms with Crippen molar-refractivity contribution in [3.8, 4) is 5.88 Å². The Morgan fingerprint density at radius 3 is 2.40 bits per heavy atom. The van der Waals surface area contributed by atoms with Gasteiger partial charge in [0.1, 0.15) is 5.60 Å². The molecule has 10 heteroatoms. The summed E-state index contributed by atoms with van der Waals surface area (Å²) in [6.07, 6.45) is -0.805. The monoisotopic (exact) mass is 282 g/mol. The summed E-state index contributed by atoms with van der Waals surface area (Å²) >= 11 is 0. The normalized spacial score (nSPS) is 11.4. The summed E-state index contributed by atoms with van der Waals surface area (Å²) in [6.45, 7) is 5.14. The maximum absolute atomic E-state index is 11.9. The van der Waals surface area contributed by atoms with Gasteiger partial charge >= 0.3 is 6.09 Å². The molecule has 0 aliphatic carbocycles. The van der Waals surface area contributed by atoms with Crippen molar-refractivity contribution in [2.75, 3.05) is 12.1 Å². The summed E-state index contributed by atoms with van der Waals surface area (Å²) in [7, 11) is 1.36. The molecule has 2 heterocycles. The lowest BCUT2D eigenvalue weighted by atomic mass is 10.2. The number of hydrazine groups is 1. The van der Waals surface area contributed by atoms with Crippen LogP contribution in [0.4, 0.5) is 10.6 Å². The van der Waals surface area contributed by atoms with Crippen LogP contribution in [-0.4, -0.2) is 39.1 Å². The van der Waals surface area contributed by atoms with E-state index in [0.29, 0.717) is 5.01 Å². The molecule has 0 atom stereocenters. The van der Waals surface area contributed by atoms with Crippen molar-refractivity contribution >= 4 is 23.2 Å². The summed E-state index contributed by atoms with van der Waals surface area (Å²) in [5, 5.41) is 7.72. The Hall–Kier alpha value is -2.49. The van der Waals surface area contributed by atoms with Crippen LogP contribution in [0.5, 0.6) is 5.88 Å². The van der Waals surface area contributed by atoms with E-state index in [1.54, 1.807) is 20.8 Å². The number of nitrogens with two attached hydrogens (primary N) is 1. The van der Waals surface area contributed by atoms with E-state index in [-0.39, 0.29) is 23.0 Å². The van der Waals surface area contributed by atoms with Gasteiger partial charge in [-0.15, -0.1) is 0 Å². The molecule has 0 saturated heterocycles. The number of methoxy groups -OCH3 is 1. The second-order valence-corrected chi connectivity index (χ2v) is 4.82. The SMILES string of the molecule is COc1nc2nonc2nc1N(N)C(=O)OC(C)(C)C. The molecular formula is C10H14N6O4. The first-order valence-corrected chi connectivity index (χ1v) is 5.64. The fourth-order valence-electron chi connectivity index (χ4n) is 1.31. The lowest BCUT2D eigenvalue weighted by Gasteiger charge is -2.23. The van der Waals surface area contributed by atoms with Gasteiger partial charge in [0.05, 0.1) is 7.11 Å². The zero-order valence-corrected chi connectivity index (χ0v) is 11.4. The van der Waals surface area contributed by atoms with Crippen LogP contribution < -0.4 is 15.6 Å². The number of hydrogen-bond acceptors (Lipinski definition) is 9. The molecule has 20 heavy (non-hydrogen) atoms. The van der Waals surface area contributed by atoms with Gasteiger partial charge in [0.2, 0.25) is 17.1 Å². The van der Waals surface area contributed by atoms with Gasteiger partial charge in [0, 0.05) is 0 Å². The van der Waals surface area contributed by atoms with E-state index in [0.717, 1.165) is 0 Å². The molecule has 0 saturated carbocycles. The predicted molar refractivity (Wildman–Crippen MR) is 66.8 cm³/mol. The van der Waals surface area contributed by atoms with E-state index in [1.807, 2.05) is 0 Å². The number of anilines is 1. The average molecular weight is 282 g/mol. The number of ether oxygens (including phenoxy) is 2. The third kappa shape index (κ3) is 2.74. The number of nitrogens with zero attached hydrogens (tertiary/aromatic N) is 5. The summed E-state index contributed by atoms with van der Waals surface area (Å²) in [6, 6.07) is 0. The summed E-state index contributed by atoms with van der Waals surface area (Å²) < 4.78 is 14.6. The molecule has 0 aliphatic rings. The quantitative estimate of drug-likeness (QED) is 0.478. The summed E-state index contributed by atoms with van der Waals surface area (Å²) in [4.78, 5) is 19.9. The van der Waals surface area contributed by atoms with Crippen molar-refractivity contribution < 1.29 is 18.9 Å². The number of amides is 1. The zero-order valence-electron chi connectivity index (χ0n) is 11.4. The Kier molecular flexibility index (Phi) is 3.40. The number of hydrogen-bond donors (Lipinski definition) is 1. The number of carbonyl (C=O) groups excluding carboxylic acids is 1. The van der Waals surface area contributed by atoms with Crippen molar-refractivity contribution in [1.29, 1.82) is 0 Å². The molecule has 0 radical (unpaired) electrons. The molecule has 0 fully saturated rings. The lowest BCUT2D eigenvalue weighted by Crippen LogP contribution is -2.42. The van der Waals surface area contributed by atoms with Crippen LogP contribution in [0.25, 0.3) is 11.3 Å². The summed E-state index contributed by atoms with van der Waals surface area (Å²) in [5.74, 6) is 5.63. The first kappa shape index (κ1) is 13.9. The molecule has 0 spiro atoms. The fraction of sp³-hybridized carbons (Fsp3) is 0.500. The average Bonchev–Trinajstić information content (AvgIpc) is 2.81. The second-order valence-electron chi connectivity index (χ2n) is 4.82. The van der Waals surface area contributed by atoms with Crippen LogP contribution in [0.15, 0.2) is 4.63 Å². The van der Waals surface area contributed by atoms with E-state index in [1.165, 1.54) is 7.11 Å². The van der Waals surface area contributed by atoms with Gasteiger partial charge in [-0.25, -0.2) is 15.3 Å². The Labute approximate surface area is 113 Å². The molecule has 0 aromatic carbocycles. The lowest BCUT2D eigenvalue weighted by molar-refractivity contribution is 0.0578. The van der Waals surface area contributed by atoms with Crippen molar-refractivity contribution in [2.24, 2.45) is 5.84 Å². The van der Waals surface area contributed by atoms with E-state index < -0.39 is 11.7 Å². The Bertz CT molecular complexity index is 634. The smallest absolute Gasteiger partial charge is 0.430 e. The molecule has 0 bridgehead atoms. The maximum Gasteiger partial charge on any atom is 0.430 e. The van der Waals surface area contributed by atoms with Crippen molar-refractivity contribution in [2.45, 2.75) is 26.4 Å². The van der Waals surface area contributed by atoms with Crippen molar-refractivity contribution in [3.63, 3.8) is 0 Å². The van der Waals surface area contributed by atoms with Crippen LogP contribution in [0.2, 0.25) is 0 Å². The highest BCUT2D eigenvalue weighted by molar-refractivity contribution is 5.87. The van der Waals surface area contributed by atoms with Crippen LogP contribution in [0.3, 0.4) is 0 Å². The molecule has 1 amide bonds. The highest BCUT2D eigenvalue weighted by Crippen LogP contribution is 2.24. The van der Waals surface area contributed by atoms with Gasteiger partial charge in [-0.2, -0.15) is 15.0 Å². The molecule has 2 N–H and O–H groups in total. The zero-order chi connectivity index (χ0) is 14.9. The first-order chi connectivity index (χ1) is 9.31. The van der Waals surface area contributed by atoms with Crippen molar-refractivity contribution in [3.05, 3.63) is 0 Å². The van der Waals surface area contributed by atoms with Crippen LogP contribution in [0.1, 0.15) is 20.8 Å². The number of rotatable bonds is 2. The minimum absolute atomic E-state index is 0.00144. The summed E-state index contributed by atoms with van der Waals surface area (Å²) in [5.41, 5.74) is -0.461. The van der Waals surface area contributed by atoms with Crippen LogP contribution in [0, 0.1) is 0 Å². The van der Waals surface area contributed by atoms with Gasteiger partial charge < -0.3 is 9.47 Å². The molecule has 108 valence electrons. The highest BCUT2D eigenvalue weighted by atomic mass is 16.6. The standard InChI is InChI=1S/C10H14N6O4/c1-10(2,3)19-9(17)16(11)7-8(18-4)13-6-5(12-7)14-20-15-6/h11H2,1-4H3. The van der Waals surface area contributed by atoms with Crippen LogP contribution >= 0.6 is 0 Å². The molecule has 2 aromatic rings. The number of fused-ring (bicyclic) bond motifs is 1. The third-order valence-corrected chi connectivity index (χ3v) is 2.08. The minimum Gasteiger partial charge on any atom is -0.478 e. The third-order valence-electron chi connectivity index (χ3n) is 2.08. The predicted octanol–water partition coefficient (Wildman–Crippen LogP) is 0.637. The van der Waals surface area contributed by atoms with Gasteiger partial charge in [-0.05, 0) is 31.1 Å². The molecule has 2 rings (SSSR count). The minimum atomic E-state index is -0.805. The van der Waals surface area contributed by atoms with Crippen molar-refractivity contribution in [1.82, 2.24) is 20.3 Å². The molecule has 0 aliphatic heterocycles. The molecule has 2 aromatic heterocycles. The Balaban J connectivity index is 2.37. The van der Waals surface area contributed by atoms with E-state index in [2.05, 4.69) is 24.9 Å². The number of carbonyl (C=O) groups is 1. The van der Waals surface area contributed by atoms with Gasteiger partial charge in [0.15, 0.2) is 0 Å². The molecular weight excluding hydrogens is 268 g/mol. The largest absolute Gasteiger partial charge is 0.478 e. The maximum atomic E-state index is 11.9. The van der Waals surface area contributed by atoms with Gasteiger partial charge in [-0.1, -0.05) is 0 Å². The van der Waals surface area contributed by atoms with E-state index >= 15 is 0 Å². The second kappa shape index (κ2) is 4.89. The van der Waals surface area contributed by atoms with Gasteiger partial charge in [-0.3, -0.25) is 0 Å². The van der Waals surface area contributed by atoms with E-state index in [9.17, 15) is 4.79 Å². The topological polar surface area (TPSA) is 129 Å².